The predicted molar refractivity (Wildman–Crippen MR) is 34.9 cm³/mol. The molecule has 16 heavy (non-hydrogen) atoms. The average molecular weight is 303 g/mol. The van der Waals surface area contributed by atoms with Gasteiger partial charge >= 0.3 is 88.7 Å². The van der Waals surface area contributed by atoms with Gasteiger partial charge in [0.15, 0.2) is 0 Å². The maximum atomic E-state index is 8.66. The van der Waals surface area contributed by atoms with Gasteiger partial charge in [-0.2, -0.15) is 0 Å². The maximum absolute atomic E-state index is 8.66. The number of halogens is 1. The zero-order chi connectivity index (χ0) is 11.5. The standard InChI is InChI=1S/C5H10.ClO2.3Na.H3O4P/c1-4-5(2)3;2-1-3;;;;1-5(2,3)4/h4H,1-3H3;;;;;(H3,1,2,3,4)/q;-1;3*+1;/p-2. The second kappa shape index (κ2) is 26.6. The molecular formula is C5H11ClNa3O6P. The molecule has 0 aliphatic rings. The Bertz CT molecular complexity index is 163. The van der Waals surface area contributed by atoms with Gasteiger partial charge in [0.25, 0.3) is 0 Å². The minimum absolute atomic E-state index is 0. The van der Waals surface area contributed by atoms with Crippen molar-refractivity contribution in [1.82, 2.24) is 0 Å². The first-order valence-electron chi connectivity index (χ1n) is 2.92. The van der Waals surface area contributed by atoms with Crippen LogP contribution in [-0.2, 0) is 4.57 Å². The van der Waals surface area contributed by atoms with Gasteiger partial charge in [0, 0.05) is 0 Å². The summed E-state index contributed by atoms with van der Waals surface area (Å²) < 4.78 is 25.1. The van der Waals surface area contributed by atoms with Crippen LogP contribution in [0.2, 0.25) is 0 Å². The van der Waals surface area contributed by atoms with Crippen molar-refractivity contribution < 1.29 is 129 Å². The first-order valence-corrected chi connectivity index (χ1v) is 5.04. The Morgan fingerprint density at radius 2 is 1.25 bits per heavy atom. The van der Waals surface area contributed by atoms with E-state index in [-0.39, 0.29) is 88.7 Å². The zero-order valence-electron chi connectivity index (χ0n) is 10.4. The fraction of sp³-hybridized carbons (Fsp3) is 0.600. The minimum atomic E-state index is -5.14. The number of rotatable bonds is 0. The van der Waals surface area contributed by atoms with Gasteiger partial charge in [0.2, 0.25) is 0 Å². The van der Waals surface area contributed by atoms with Crippen LogP contribution in [0.5, 0.6) is 0 Å². The molecule has 82 valence electrons. The van der Waals surface area contributed by atoms with Gasteiger partial charge in [0.1, 0.15) is 0 Å². The molecule has 0 saturated carbocycles. The topological polar surface area (TPSA) is 130 Å². The van der Waals surface area contributed by atoms with Crippen molar-refractivity contribution >= 4 is 7.82 Å². The van der Waals surface area contributed by atoms with Crippen LogP contribution in [0.1, 0.15) is 20.8 Å². The van der Waals surface area contributed by atoms with Gasteiger partial charge in [-0.05, 0) is 20.8 Å². The van der Waals surface area contributed by atoms with E-state index < -0.39 is 19.1 Å². The minimum Gasteiger partial charge on any atom is -0.790 e. The van der Waals surface area contributed by atoms with Gasteiger partial charge in [-0.1, -0.05) is 11.6 Å². The molecule has 0 amide bonds. The largest absolute Gasteiger partial charge is 1.00 e. The summed E-state index contributed by atoms with van der Waals surface area (Å²) in [7, 11) is -5.14. The number of allylic oxidation sites excluding steroid dienone is 2. The second-order valence-electron chi connectivity index (χ2n) is 1.90. The number of hydrogen-bond acceptors (Lipinski definition) is 5. The van der Waals surface area contributed by atoms with Gasteiger partial charge in [-0.25, -0.2) is 0 Å². The summed E-state index contributed by atoms with van der Waals surface area (Å²) in [5.41, 5.74) is 1.38. The molecule has 0 aromatic carbocycles. The fourth-order valence-corrected chi connectivity index (χ4v) is 0. The molecule has 0 heterocycles. The van der Waals surface area contributed by atoms with E-state index in [9.17, 15) is 0 Å². The summed E-state index contributed by atoms with van der Waals surface area (Å²) in [6.07, 6.45) is 2.08. The van der Waals surface area contributed by atoms with Gasteiger partial charge in [0.05, 0.1) is 19.1 Å². The van der Waals surface area contributed by atoms with E-state index in [1.54, 1.807) is 0 Å². The number of hydrogen-bond donors (Lipinski definition) is 1. The van der Waals surface area contributed by atoms with Crippen LogP contribution in [0.15, 0.2) is 11.6 Å². The molecule has 6 nitrogen and oxygen atoms in total. The van der Waals surface area contributed by atoms with E-state index in [1.165, 1.54) is 5.57 Å². The molecule has 0 aromatic heterocycles. The molecule has 0 aliphatic heterocycles. The summed E-state index contributed by atoms with van der Waals surface area (Å²) in [6.45, 7) is 6.20. The van der Waals surface area contributed by atoms with Crippen molar-refractivity contribution in [2.75, 3.05) is 0 Å². The second-order valence-corrected chi connectivity index (χ2v) is 2.96. The van der Waals surface area contributed by atoms with E-state index in [2.05, 4.69) is 19.9 Å². The molecule has 1 N–H and O–H groups in total. The molecule has 0 atom stereocenters. The van der Waals surface area contributed by atoms with Crippen LogP contribution in [0, 0.1) is 11.3 Å². The molecule has 0 saturated heterocycles. The Labute approximate surface area is 166 Å². The Morgan fingerprint density at radius 3 is 1.25 bits per heavy atom. The van der Waals surface area contributed by atoms with Crippen molar-refractivity contribution in [3.63, 3.8) is 0 Å². The summed E-state index contributed by atoms with van der Waals surface area (Å²) in [5, 5.41) is 0. The Kier molecular flexibility index (Phi) is 60.6. The van der Waals surface area contributed by atoms with Crippen LogP contribution in [-0.4, -0.2) is 4.89 Å². The zero-order valence-corrected chi connectivity index (χ0v) is 18.0. The summed E-state index contributed by atoms with van der Waals surface area (Å²) in [4.78, 5) is 24.3. The smallest absolute Gasteiger partial charge is 0.790 e. The monoisotopic (exact) mass is 302 g/mol. The van der Waals surface area contributed by atoms with Crippen molar-refractivity contribution in [3.05, 3.63) is 11.6 Å². The van der Waals surface area contributed by atoms with E-state index in [0.29, 0.717) is 0 Å². The van der Waals surface area contributed by atoms with Crippen LogP contribution < -0.4 is 108 Å². The summed E-state index contributed by atoms with van der Waals surface area (Å²) >= 11 is -0.417. The first-order chi connectivity index (χ1) is 5.68. The fourth-order valence-electron chi connectivity index (χ4n) is 0. The SMILES string of the molecule is CC=C(C)C.O=P([O-])([O-])O.[Na+].[Na+].[Na+].[O-][Cl+][O-]. The number of phosphoric acid groups is 1. The first kappa shape index (κ1) is 36.4. The summed E-state index contributed by atoms with van der Waals surface area (Å²) in [6, 6.07) is 0. The van der Waals surface area contributed by atoms with Gasteiger partial charge < -0.3 is 28.6 Å². The molecule has 11 heteroatoms. The normalized spacial score (nSPS) is 7.00. The van der Waals surface area contributed by atoms with E-state index in [1.807, 2.05) is 6.92 Å². The van der Waals surface area contributed by atoms with Crippen LogP contribution >= 0.6 is 7.82 Å². The van der Waals surface area contributed by atoms with Crippen molar-refractivity contribution in [2.45, 2.75) is 20.8 Å². The van der Waals surface area contributed by atoms with Gasteiger partial charge in [-0.15, -0.1) is 0 Å². The average Bonchev–Trinajstić information content (AvgIpc) is 1.85. The van der Waals surface area contributed by atoms with Gasteiger partial charge in [-0.3, -0.25) is 0 Å². The molecule has 0 fully saturated rings. The molecule has 0 unspecified atom stereocenters. The third kappa shape index (κ3) is 172. The quantitative estimate of drug-likeness (QED) is 0.269. The molecule has 0 radical (unpaired) electrons. The Morgan fingerprint density at radius 1 is 1.19 bits per heavy atom. The van der Waals surface area contributed by atoms with Crippen LogP contribution in [0.25, 0.3) is 0 Å². The van der Waals surface area contributed by atoms with Crippen LogP contribution in [0.4, 0.5) is 0 Å². The van der Waals surface area contributed by atoms with E-state index in [4.69, 9.17) is 28.6 Å². The molecule has 0 aromatic rings. The Hall–Kier alpha value is 3.06. The molecule has 0 aliphatic carbocycles. The third-order valence-electron chi connectivity index (χ3n) is 0.577. The van der Waals surface area contributed by atoms with E-state index in [0.717, 1.165) is 0 Å². The van der Waals surface area contributed by atoms with Crippen molar-refractivity contribution in [3.8, 4) is 0 Å². The molecular weight excluding hydrogens is 291 g/mol. The molecule has 0 rings (SSSR count). The summed E-state index contributed by atoms with van der Waals surface area (Å²) in [5.74, 6) is 0. The predicted octanol–water partition coefficient (Wildman–Crippen LogP) is -11.6. The maximum Gasteiger partial charge on any atom is 1.00 e. The third-order valence-corrected chi connectivity index (χ3v) is 0.577. The molecule has 0 bridgehead atoms. The van der Waals surface area contributed by atoms with Crippen LogP contribution in [0.3, 0.4) is 0 Å². The van der Waals surface area contributed by atoms with Crippen molar-refractivity contribution in [2.24, 2.45) is 0 Å². The Balaban J connectivity index is -0.0000000220. The van der Waals surface area contributed by atoms with E-state index >= 15 is 0 Å². The molecule has 0 spiro atoms. The van der Waals surface area contributed by atoms with Crippen molar-refractivity contribution in [1.29, 1.82) is 0 Å².